The van der Waals surface area contributed by atoms with Gasteiger partial charge < -0.3 is 42.5 Å². The average Bonchev–Trinajstić information content (AvgIpc) is 2.83. The third-order valence-electron chi connectivity index (χ3n) is 6.88. The van der Waals surface area contributed by atoms with Gasteiger partial charge in [0.05, 0.1) is 0 Å². The zero-order valence-electron chi connectivity index (χ0n) is 19.7. The van der Waals surface area contributed by atoms with Crippen LogP contribution in [0.3, 0.4) is 0 Å². The van der Waals surface area contributed by atoms with E-state index in [1.807, 2.05) is 6.07 Å². The molecular weight excluding hydrogens is 430 g/mol. The lowest BCUT2D eigenvalue weighted by atomic mass is 10.0. The van der Waals surface area contributed by atoms with Crippen molar-refractivity contribution in [2.75, 3.05) is 72.0 Å². The number of para-hydroxylation sites is 1. The van der Waals surface area contributed by atoms with Gasteiger partial charge in [-0.05, 0) is 25.0 Å². The molecule has 0 spiro atoms. The number of hydrogen-bond donors (Lipinski definition) is 4. The van der Waals surface area contributed by atoms with E-state index >= 15 is 0 Å². The summed E-state index contributed by atoms with van der Waals surface area (Å²) >= 11 is 0. The Labute approximate surface area is 201 Å². The molecular formula is C23H37N11. The molecule has 3 saturated heterocycles. The predicted molar refractivity (Wildman–Crippen MR) is 136 cm³/mol. The Balaban J connectivity index is 1.40. The average molecular weight is 468 g/mol. The molecule has 0 saturated carbocycles. The predicted octanol–water partition coefficient (Wildman–Crippen LogP) is -1.07. The second-order valence-corrected chi connectivity index (χ2v) is 9.87. The van der Waals surface area contributed by atoms with Gasteiger partial charge in [0.1, 0.15) is 0 Å². The van der Waals surface area contributed by atoms with Gasteiger partial charge in [-0.15, -0.1) is 0 Å². The minimum atomic E-state index is -0.00124. The van der Waals surface area contributed by atoms with Crippen LogP contribution in [0.2, 0.25) is 0 Å². The zero-order valence-corrected chi connectivity index (χ0v) is 19.7. The normalized spacial score (nSPS) is 28.4. The van der Waals surface area contributed by atoms with Crippen molar-refractivity contribution in [3.8, 4) is 0 Å². The van der Waals surface area contributed by atoms with E-state index in [0.717, 1.165) is 39.0 Å². The monoisotopic (exact) mass is 467 g/mol. The highest BCUT2D eigenvalue weighted by molar-refractivity contribution is 5.51. The van der Waals surface area contributed by atoms with Gasteiger partial charge in [-0.2, -0.15) is 15.0 Å². The number of hydrogen-bond acceptors (Lipinski definition) is 11. The summed E-state index contributed by atoms with van der Waals surface area (Å²) in [5.41, 5.74) is 26.3. The molecule has 4 heterocycles. The van der Waals surface area contributed by atoms with Gasteiger partial charge in [-0.3, -0.25) is 0 Å². The standard InChI is InChI=1S/C23H37N11/c24-16-10-17(25)13-33(12-16)22-28-21(29-23(30-22)34-14-18(26)11-19(27)15-34)32-8-6-31(7-9-32)20-4-2-1-3-5-20/h1-5,16-19H,6-15,24-27H2. The summed E-state index contributed by atoms with van der Waals surface area (Å²) in [6.45, 7) is 6.17. The Morgan fingerprint density at radius 2 is 0.912 bits per heavy atom. The van der Waals surface area contributed by atoms with Crippen LogP contribution in [0.25, 0.3) is 0 Å². The largest absolute Gasteiger partial charge is 0.368 e. The maximum absolute atomic E-state index is 6.27. The Kier molecular flexibility index (Phi) is 6.68. The first kappa shape index (κ1) is 23.0. The number of piperazine rings is 1. The van der Waals surface area contributed by atoms with Crippen molar-refractivity contribution in [2.24, 2.45) is 22.9 Å². The smallest absolute Gasteiger partial charge is 0.232 e. The molecule has 34 heavy (non-hydrogen) atoms. The number of nitrogens with two attached hydrogens (primary N) is 4. The van der Waals surface area contributed by atoms with Gasteiger partial charge in [-0.25, -0.2) is 0 Å². The van der Waals surface area contributed by atoms with Crippen LogP contribution in [0.1, 0.15) is 12.8 Å². The van der Waals surface area contributed by atoms with Crippen LogP contribution in [-0.4, -0.2) is 91.5 Å². The molecule has 3 aliphatic rings. The molecule has 0 radical (unpaired) electrons. The van der Waals surface area contributed by atoms with Gasteiger partial charge in [0, 0.05) is 82.2 Å². The van der Waals surface area contributed by atoms with Crippen LogP contribution in [0.5, 0.6) is 0 Å². The van der Waals surface area contributed by atoms with Crippen LogP contribution in [0.4, 0.5) is 23.5 Å². The Morgan fingerprint density at radius 3 is 1.35 bits per heavy atom. The summed E-state index contributed by atoms with van der Waals surface area (Å²) < 4.78 is 0. The molecule has 0 aliphatic carbocycles. The quantitative estimate of drug-likeness (QED) is 0.434. The molecule has 5 rings (SSSR count). The molecule has 1 aromatic carbocycles. The van der Waals surface area contributed by atoms with Crippen LogP contribution in [-0.2, 0) is 0 Å². The Bertz CT molecular complexity index is 885. The summed E-state index contributed by atoms with van der Waals surface area (Å²) in [7, 11) is 0. The topological polar surface area (TPSA) is 156 Å². The first-order valence-corrected chi connectivity index (χ1v) is 12.3. The van der Waals surface area contributed by atoms with Crippen LogP contribution in [0.15, 0.2) is 30.3 Å². The molecule has 4 unspecified atom stereocenters. The van der Waals surface area contributed by atoms with E-state index in [1.54, 1.807) is 0 Å². The van der Waals surface area contributed by atoms with Gasteiger partial charge in [0.25, 0.3) is 0 Å². The van der Waals surface area contributed by atoms with Crippen molar-refractivity contribution in [1.29, 1.82) is 0 Å². The van der Waals surface area contributed by atoms with E-state index in [-0.39, 0.29) is 24.2 Å². The Morgan fingerprint density at radius 1 is 0.529 bits per heavy atom. The van der Waals surface area contributed by atoms with Gasteiger partial charge >= 0.3 is 0 Å². The van der Waals surface area contributed by atoms with E-state index < -0.39 is 0 Å². The van der Waals surface area contributed by atoms with Gasteiger partial charge in [0.2, 0.25) is 17.8 Å². The number of anilines is 4. The summed E-state index contributed by atoms with van der Waals surface area (Å²) in [5.74, 6) is 1.95. The highest BCUT2D eigenvalue weighted by Crippen LogP contribution is 2.25. The van der Waals surface area contributed by atoms with E-state index in [4.69, 9.17) is 37.9 Å². The summed E-state index contributed by atoms with van der Waals surface area (Å²) in [5, 5.41) is 0. The molecule has 2 aromatic rings. The minimum Gasteiger partial charge on any atom is -0.368 e. The summed E-state index contributed by atoms with van der Waals surface area (Å²) in [6, 6.07) is 10.5. The second-order valence-electron chi connectivity index (χ2n) is 9.87. The number of benzene rings is 1. The molecule has 4 atom stereocenters. The van der Waals surface area contributed by atoms with Crippen LogP contribution < -0.4 is 42.5 Å². The van der Waals surface area contributed by atoms with Crippen molar-refractivity contribution < 1.29 is 0 Å². The van der Waals surface area contributed by atoms with E-state index in [9.17, 15) is 0 Å². The molecule has 0 amide bonds. The zero-order chi connectivity index (χ0) is 23.7. The lowest BCUT2D eigenvalue weighted by Crippen LogP contribution is -2.54. The maximum atomic E-state index is 6.27. The SMILES string of the molecule is NC1CC(N)CN(c2nc(N3CCN(c4ccccc4)CC3)nc(N3CC(N)CC(N)C3)n2)C1. The number of nitrogens with zero attached hydrogens (tertiary/aromatic N) is 7. The van der Waals surface area contributed by atoms with Crippen molar-refractivity contribution in [3.05, 3.63) is 30.3 Å². The van der Waals surface area contributed by atoms with Crippen molar-refractivity contribution in [1.82, 2.24) is 15.0 Å². The first-order chi connectivity index (χ1) is 16.4. The molecule has 3 aliphatic heterocycles. The second kappa shape index (κ2) is 9.87. The van der Waals surface area contributed by atoms with Crippen molar-refractivity contribution >= 4 is 23.5 Å². The molecule has 3 fully saturated rings. The third-order valence-corrected chi connectivity index (χ3v) is 6.88. The maximum Gasteiger partial charge on any atom is 0.232 e. The van der Waals surface area contributed by atoms with Crippen LogP contribution in [0, 0.1) is 0 Å². The van der Waals surface area contributed by atoms with Gasteiger partial charge in [-0.1, -0.05) is 18.2 Å². The fraction of sp³-hybridized carbons (Fsp3) is 0.609. The minimum absolute atomic E-state index is 0.00124. The fourth-order valence-electron chi connectivity index (χ4n) is 5.25. The summed E-state index contributed by atoms with van der Waals surface area (Å²) in [6.07, 6.45) is 1.61. The summed E-state index contributed by atoms with van der Waals surface area (Å²) in [4.78, 5) is 23.4. The van der Waals surface area contributed by atoms with Gasteiger partial charge in [0.15, 0.2) is 0 Å². The number of rotatable bonds is 4. The first-order valence-electron chi connectivity index (χ1n) is 12.3. The van der Waals surface area contributed by atoms with Crippen LogP contribution >= 0.6 is 0 Å². The number of aromatic nitrogens is 3. The molecule has 1 aromatic heterocycles. The van der Waals surface area contributed by atoms with Crippen molar-refractivity contribution in [3.63, 3.8) is 0 Å². The molecule has 0 bridgehead atoms. The molecule has 11 heteroatoms. The van der Waals surface area contributed by atoms with E-state index in [2.05, 4.69) is 43.9 Å². The van der Waals surface area contributed by atoms with E-state index in [1.165, 1.54) is 5.69 Å². The highest BCUT2D eigenvalue weighted by Gasteiger charge is 2.30. The lowest BCUT2D eigenvalue weighted by molar-refractivity contribution is 0.440. The molecule has 184 valence electrons. The lowest BCUT2D eigenvalue weighted by Gasteiger charge is -2.39. The highest BCUT2D eigenvalue weighted by atomic mass is 15.4. The molecule has 11 nitrogen and oxygen atoms in total. The Hall–Kier alpha value is -2.73. The third kappa shape index (κ3) is 5.17. The van der Waals surface area contributed by atoms with Crippen molar-refractivity contribution in [2.45, 2.75) is 37.0 Å². The number of piperidine rings is 2. The molecule has 8 N–H and O–H groups in total. The van der Waals surface area contributed by atoms with E-state index in [0.29, 0.717) is 44.0 Å². The fourth-order valence-corrected chi connectivity index (χ4v) is 5.25.